The summed E-state index contributed by atoms with van der Waals surface area (Å²) in [5, 5.41) is 5.96. The predicted molar refractivity (Wildman–Crippen MR) is 94.1 cm³/mol. The summed E-state index contributed by atoms with van der Waals surface area (Å²) < 4.78 is 25.6. The van der Waals surface area contributed by atoms with Gasteiger partial charge >= 0.3 is 0 Å². The topological polar surface area (TPSA) is 64.0 Å². The Labute approximate surface area is 141 Å². The van der Waals surface area contributed by atoms with Gasteiger partial charge in [0.2, 0.25) is 0 Å². The van der Waals surface area contributed by atoms with Crippen molar-refractivity contribution in [2.75, 3.05) is 23.9 Å². The molecule has 8 heteroatoms. The summed E-state index contributed by atoms with van der Waals surface area (Å²) in [6.07, 6.45) is 0.705. The number of rotatable bonds is 3. The lowest BCUT2D eigenvalue weighted by Crippen LogP contribution is -2.13. The van der Waals surface area contributed by atoms with Crippen LogP contribution in [0.3, 0.4) is 0 Å². The fraction of sp³-hybridized carbons (Fsp3) is 0.500. The lowest BCUT2D eigenvalue weighted by Gasteiger charge is -2.16. The molecule has 0 saturated carbocycles. The largest absolute Gasteiger partial charge is 0.365 e. The van der Waals surface area contributed by atoms with E-state index < -0.39 is 9.84 Å². The number of nitrogens with one attached hydrogen (secondary N) is 1. The highest BCUT2D eigenvalue weighted by Gasteiger charge is 2.31. The second-order valence-electron chi connectivity index (χ2n) is 5.50. The monoisotopic (exact) mass is 361 g/mol. The van der Waals surface area contributed by atoms with Crippen LogP contribution in [0.15, 0.2) is 11.4 Å². The lowest BCUT2D eigenvalue weighted by atomic mass is 10.2. The molecule has 122 valence electrons. The molecule has 0 radical (unpaired) electrons. The molecule has 1 N–H and O–H groups in total. The third-order valence-electron chi connectivity index (χ3n) is 4.05. The van der Waals surface area contributed by atoms with Gasteiger partial charge in [-0.2, -0.15) is 0 Å². The minimum absolute atomic E-state index is 0. The number of aromatic nitrogens is 2. The van der Waals surface area contributed by atoms with Crippen molar-refractivity contribution < 1.29 is 8.42 Å². The number of aryl methyl sites for hydroxylation is 1. The van der Waals surface area contributed by atoms with Crippen LogP contribution < -0.4 is 5.32 Å². The quantitative estimate of drug-likeness (QED) is 0.912. The second-order valence-corrected chi connectivity index (χ2v) is 8.59. The zero-order valence-corrected chi connectivity index (χ0v) is 15.2. The van der Waals surface area contributed by atoms with Crippen molar-refractivity contribution >= 4 is 38.7 Å². The van der Waals surface area contributed by atoms with Crippen molar-refractivity contribution in [2.45, 2.75) is 26.3 Å². The average molecular weight is 362 g/mol. The molecule has 1 atom stereocenters. The van der Waals surface area contributed by atoms with E-state index in [0.29, 0.717) is 12.2 Å². The Morgan fingerprint density at radius 2 is 2.14 bits per heavy atom. The van der Waals surface area contributed by atoms with Gasteiger partial charge in [-0.05, 0) is 26.3 Å². The zero-order chi connectivity index (χ0) is 15.2. The summed E-state index contributed by atoms with van der Waals surface area (Å²) in [6, 6.07) is 2.17. The summed E-state index contributed by atoms with van der Waals surface area (Å²) in [7, 11) is -1.02. The van der Waals surface area contributed by atoms with Gasteiger partial charge < -0.3 is 9.88 Å². The summed E-state index contributed by atoms with van der Waals surface area (Å²) >= 11 is 1.57. The maximum absolute atomic E-state index is 11.7. The van der Waals surface area contributed by atoms with Crippen LogP contribution in [0.5, 0.6) is 0 Å². The molecule has 1 fully saturated rings. The van der Waals surface area contributed by atoms with Crippen LogP contribution in [0, 0.1) is 13.8 Å². The number of nitrogens with zero attached hydrogens (tertiary/aromatic N) is 2. The first-order valence-corrected chi connectivity index (χ1v) is 9.64. The predicted octanol–water partition coefficient (Wildman–Crippen LogP) is 3.05. The van der Waals surface area contributed by atoms with E-state index in [2.05, 4.69) is 20.9 Å². The van der Waals surface area contributed by atoms with Gasteiger partial charge in [-0.25, -0.2) is 13.4 Å². The van der Waals surface area contributed by atoms with E-state index in [1.807, 2.05) is 26.3 Å². The van der Waals surface area contributed by atoms with Gasteiger partial charge in [-0.3, -0.25) is 0 Å². The van der Waals surface area contributed by atoms with Crippen LogP contribution in [0.2, 0.25) is 0 Å². The Morgan fingerprint density at radius 1 is 1.41 bits per heavy atom. The third-order valence-corrected chi connectivity index (χ3v) is 6.66. The SMILES string of the molecule is CNc1nc(-c2cc(C)n(C3CCS(=O)(=O)C3)c2C)cs1.Cl. The highest BCUT2D eigenvalue weighted by Crippen LogP contribution is 2.34. The van der Waals surface area contributed by atoms with Crippen molar-refractivity contribution in [3.8, 4) is 11.3 Å². The highest BCUT2D eigenvalue weighted by atomic mass is 35.5. The van der Waals surface area contributed by atoms with Crippen molar-refractivity contribution in [1.29, 1.82) is 0 Å². The smallest absolute Gasteiger partial charge is 0.182 e. The minimum atomic E-state index is -2.88. The maximum Gasteiger partial charge on any atom is 0.182 e. The Bertz CT molecular complexity index is 780. The van der Waals surface area contributed by atoms with Crippen molar-refractivity contribution in [3.05, 3.63) is 22.8 Å². The Balaban J connectivity index is 0.00000176. The average Bonchev–Trinajstić information content (AvgIpc) is 3.08. The lowest BCUT2D eigenvalue weighted by molar-refractivity contribution is 0.536. The second kappa shape index (κ2) is 6.22. The molecule has 1 aliphatic heterocycles. The Morgan fingerprint density at radius 3 is 2.68 bits per heavy atom. The van der Waals surface area contributed by atoms with Crippen molar-refractivity contribution in [1.82, 2.24) is 9.55 Å². The first-order chi connectivity index (χ1) is 9.91. The number of halogens is 1. The molecule has 3 heterocycles. The van der Waals surface area contributed by atoms with E-state index in [4.69, 9.17) is 0 Å². The maximum atomic E-state index is 11.7. The van der Waals surface area contributed by atoms with Crippen LogP contribution in [-0.4, -0.2) is 36.5 Å². The van der Waals surface area contributed by atoms with E-state index in [1.54, 1.807) is 11.3 Å². The molecule has 0 amide bonds. The zero-order valence-electron chi connectivity index (χ0n) is 12.8. The van der Waals surface area contributed by atoms with Gasteiger partial charge in [-0.15, -0.1) is 23.7 Å². The van der Waals surface area contributed by atoms with E-state index >= 15 is 0 Å². The number of hydrogen-bond acceptors (Lipinski definition) is 5. The summed E-state index contributed by atoms with van der Waals surface area (Å²) in [5.41, 5.74) is 4.24. The van der Waals surface area contributed by atoms with Crippen LogP contribution in [0.25, 0.3) is 11.3 Å². The fourth-order valence-electron chi connectivity index (χ4n) is 3.09. The molecule has 0 aromatic carbocycles. The summed E-state index contributed by atoms with van der Waals surface area (Å²) in [6.45, 7) is 4.08. The van der Waals surface area contributed by atoms with Gasteiger partial charge in [0.15, 0.2) is 15.0 Å². The van der Waals surface area contributed by atoms with Crippen molar-refractivity contribution in [3.63, 3.8) is 0 Å². The number of thiazole rings is 1. The molecule has 1 unspecified atom stereocenters. The molecule has 2 aromatic heterocycles. The van der Waals surface area contributed by atoms with Crippen LogP contribution in [0.4, 0.5) is 5.13 Å². The standard InChI is InChI=1S/C14H19N3O2S2.ClH/c1-9-6-12(13-7-20-14(15-3)16-13)10(2)17(9)11-4-5-21(18,19)8-11;/h6-7,11H,4-5,8H2,1-3H3,(H,15,16);1H. The molecular weight excluding hydrogens is 342 g/mol. The highest BCUT2D eigenvalue weighted by molar-refractivity contribution is 7.91. The summed E-state index contributed by atoms with van der Waals surface area (Å²) in [4.78, 5) is 4.55. The summed E-state index contributed by atoms with van der Waals surface area (Å²) in [5.74, 6) is 0.548. The Kier molecular flexibility index (Phi) is 4.89. The molecule has 0 bridgehead atoms. The van der Waals surface area contributed by atoms with E-state index in [0.717, 1.165) is 27.8 Å². The molecular formula is C14H20ClN3O2S2. The molecule has 3 rings (SSSR count). The van der Waals surface area contributed by atoms with Crippen molar-refractivity contribution in [2.24, 2.45) is 0 Å². The van der Waals surface area contributed by atoms with Gasteiger partial charge in [-0.1, -0.05) is 0 Å². The van der Waals surface area contributed by atoms with Gasteiger partial charge in [0.05, 0.1) is 17.2 Å². The van der Waals surface area contributed by atoms with E-state index in [9.17, 15) is 8.42 Å². The van der Waals surface area contributed by atoms with Gasteiger partial charge in [0.1, 0.15) is 0 Å². The molecule has 1 aliphatic rings. The van der Waals surface area contributed by atoms with Crippen LogP contribution in [0.1, 0.15) is 23.9 Å². The fourth-order valence-corrected chi connectivity index (χ4v) is 5.46. The molecule has 1 saturated heterocycles. The molecule has 2 aromatic rings. The number of hydrogen-bond donors (Lipinski definition) is 1. The molecule has 0 aliphatic carbocycles. The third kappa shape index (κ3) is 3.02. The van der Waals surface area contributed by atoms with Gasteiger partial charge in [0.25, 0.3) is 0 Å². The minimum Gasteiger partial charge on any atom is -0.365 e. The number of sulfone groups is 1. The first kappa shape index (κ1) is 17.3. The van der Waals surface area contributed by atoms with Gasteiger partial charge in [0, 0.05) is 35.4 Å². The first-order valence-electron chi connectivity index (χ1n) is 6.94. The number of anilines is 1. The molecule has 22 heavy (non-hydrogen) atoms. The van der Waals surface area contributed by atoms with Crippen LogP contribution >= 0.6 is 23.7 Å². The molecule has 0 spiro atoms. The van der Waals surface area contributed by atoms with E-state index in [1.165, 1.54) is 0 Å². The van der Waals surface area contributed by atoms with E-state index in [-0.39, 0.29) is 24.2 Å². The molecule has 5 nitrogen and oxygen atoms in total. The normalized spacial score (nSPS) is 19.9. The Hall–Kier alpha value is -1.05. The van der Waals surface area contributed by atoms with Crippen LogP contribution in [-0.2, 0) is 9.84 Å².